The first-order valence-corrected chi connectivity index (χ1v) is 9.70. The summed E-state index contributed by atoms with van der Waals surface area (Å²) in [4.78, 5) is 23.6. The molecule has 150 valence electrons. The second-order valence-corrected chi connectivity index (χ2v) is 7.44. The van der Waals surface area contributed by atoms with Crippen LogP contribution in [0.3, 0.4) is 0 Å². The number of hydrogen-bond acceptors (Lipinski definition) is 7. The van der Waals surface area contributed by atoms with E-state index in [0.717, 1.165) is 25.6 Å². The van der Waals surface area contributed by atoms with Gasteiger partial charge in [0.1, 0.15) is 18.2 Å². The van der Waals surface area contributed by atoms with Crippen molar-refractivity contribution in [2.24, 2.45) is 0 Å². The van der Waals surface area contributed by atoms with Crippen molar-refractivity contribution in [3.63, 3.8) is 0 Å². The van der Waals surface area contributed by atoms with Gasteiger partial charge in [0, 0.05) is 24.7 Å². The molecule has 1 N–H and O–H groups in total. The number of halogens is 1. The number of hydrogen-bond donors (Lipinski definition) is 1. The monoisotopic (exact) mass is 397 g/mol. The molecule has 5 rings (SSSR count). The lowest BCUT2D eigenvalue weighted by molar-refractivity contribution is 0.0825. The van der Waals surface area contributed by atoms with E-state index in [1.54, 1.807) is 10.7 Å². The molecular weight excluding hydrogens is 377 g/mol. The van der Waals surface area contributed by atoms with Gasteiger partial charge in [-0.25, -0.2) is 18.9 Å². The molecule has 0 spiro atoms. The van der Waals surface area contributed by atoms with Gasteiger partial charge >= 0.3 is 0 Å². The van der Waals surface area contributed by atoms with E-state index in [2.05, 4.69) is 15.0 Å². The van der Waals surface area contributed by atoms with Gasteiger partial charge in [-0.05, 0) is 31.4 Å². The summed E-state index contributed by atoms with van der Waals surface area (Å²) in [5, 5.41) is 14.5. The zero-order valence-corrected chi connectivity index (χ0v) is 15.7. The molecule has 1 saturated heterocycles. The Hall–Kier alpha value is -3.07. The molecule has 0 saturated carbocycles. The highest BCUT2D eigenvalue weighted by atomic mass is 19.1. The minimum Gasteiger partial charge on any atom is -0.475 e. The van der Waals surface area contributed by atoms with Crippen molar-refractivity contribution in [2.45, 2.75) is 37.8 Å². The number of carbonyl (C=O) groups excluding carboxylic acids is 1. The highest BCUT2D eigenvalue weighted by molar-refractivity contribution is 6.01. The number of pyridine rings is 1. The predicted molar refractivity (Wildman–Crippen MR) is 102 cm³/mol. The van der Waals surface area contributed by atoms with Crippen molar-refractivity contribution in [1.29, 1.82) is 0 Å². The molecule has 9 heteroatoms. The maximum atomic E-state index is 14.0. The lowest BCUT2D eigenvalue weighted by Gasteiger charge is -2.27. The molecule has 0 aliphatic carbocycles. The first-order chi connectivity index (χ1) is 14.1. The summed E-state index contributed by atoms with van der Waals surface area (Å²) in [6.45, 7) is 0.725. The Morgan fingerprint density at radius 1 is 1.28 bits per heavy atom. The normalized spacial score (nSPS) is 22.3. The van der Waals surface area contributed by atoms with Gasteiger partial charge in [0.15, 0.2) is 11.4 Å². The Balaban J connectivity index is 1.66. The van der Waals surface area contributed by atoms with E-state index in [1.807, 2.05) is 6.07 Å². The van der Waals surface area contributed by atoms with E-state index in [9.17, 15) is 14.3 Å². The highest BCUT2D eigenvalue weighted by Gasteiger charge is 2.31. The van der Waals surface area contributed by atoms with E-state index in [-0.39, 0.29) is 31.3 Å². The van der Waals surface area contributed by atoms with Crippen molar-refractivity contribution in [3.05, 3.63) is 47.7 Å². The largest absolute Gasteiger partial charge is 0.475 e. The fourth-order valence-corrected chi connectivity index (χ4v) is 4.07. The van der Waals surface area contributed by atoms with Gasteiger partial charge in [-0.3, -0.25) is 4.79 Å². The number of aromatic nitrogens is 4. The maximum absolute atomic E-state index is 14.0. The van der Waals surface area contributed by atoms with Crippen LogP contribution in [-0.2, 0) is 0 Å². The number of rotatable bonds is 0. The zero-order valence-electron chi connectivity index (χ0n) is 15.7. The number of ketones is 1. The smallest absolute Gasteiger partial charge is 0.218 e. The zero-order chi connectivity index (χ0) is 20.0. The molecule has 2 atom stereocenters. The summed E-state index contributed by atoms with van der Waals surface area (Å²) in [6, 6.07) is 3.12. The molecular formula is C20H20FN5O3. The molecule has 2 aliphatic heterocycles. The van der Waals surface area contributed by atoms with E-state index in [4.69, 9.17) is 9.72 Å². The van der Waals surface area contributed by atoms with Crippen LogP contribution in [0.4, 0.5) is 10.2 Å². The van der Waals surface area contributed by atoms with Gasteiger partial charge in [-0.1, -0.05) is 0 Å². The van der Waals surface area contributed by atoms with Gasteiger partial charge in [0.05, 0.1) is 30.1 Å². The Bertz CT molecular complexity index is 1090. The molecule has 0 radical (unpaired) electrons. The fraction of sp³-hybridized carbons (Fsp3) is 0.400. The highest BCUT2D eigenvalue weighted by Crippen LogP contribution is 2.39. The number of fused-ring (bicyclic) bond motifs is 5. The summed E-state index contributed by atoms with van der Waals surface area (Å²) in [7, 11) is 0. The second-order valence-electron chi connectivity index (χ2n) is 7.44. The van der Waals surface area contributed by atoms with Crippen molar-refractivity contribution < 1.29 is 19.0 Å². The van der Waals surface area contributed by atoms with Gasteiger partial charge in [-0.15, -0.1) is 0 Å². The third-order valence-corrected chi connectivity index (χ3v) is 5.52. The molecule has 3 aromatic heterocycles. The molecule has 0 unspecified atom stereocenters. The van der Waals surface area contributed by atoms with Crippen LogP contribution in [0.5, 0.6) is 5.88 Å². The van der Waals surface area contributed by atoms with Crippen molar-refractivity contribution in [2.75, 3.05) is 18.1 Å². The average molecular weight is 397 g/mol. The van der Waals surface area contributed by atoms with Crippen molar-refractivity contribution in [1.82, 2.24) is 19.6 Å². The van der Waals surface area contributed by atoms with Gasteiger partial charge in [0.2, 0.25) is 5.88 Å². The standard InChI is InChI=1S/C20H20FN5O3/c21-12-8-14-16-2-1-6-25(16)18-5-7-26-19(24-18)15(10-23-26)17(28)4-3-13(27)11-29-20(14)22-9-12/h5,7-10,13,16,27H,1-4,6,11H2/t13-,16-/m1/s1. The van der Waals surface area contributed by atoms with E-state index in [1.165, 1.54) is 12.3 Å². The number of Topliss-reactive ketones (excluding diaryl/α,β-unsaturated/α-hetero) is 1. The molecule has 5 heterocycles. The number of nitrogens with zero attached hydrogens (tertiary/aromatic N) is 5. The van der Waals surface area contributed by atoms with Crippen LogP contribution in [0.1, 0.15) is 47.6 Å². The van der Waals surface area contributed by atoms with Crippen molar-refractivity contribution >= 4 is 17.2 Å². The summed E-state index contributed by atoms with van der Waals surface area (Å²) in [6.07, 6.45) is 5.64. The summed E-state index contributed by atoms with van der Waals surface area (Å²) in [5.74, 6) is 0.436. The van der Waals surface area contributed by atoms with E-state index >= 15 is 0 Å². The summed E-state index contributed by atoms with van der Waals surface area (Å²) < 4.78 is 21.3. The second kappa shape index (κ2) is 7.07. The number of aliphatic hydroxyl groups excluding tert-OH is 1. The van der Waals surface area contributed by atoms with Gasteiger partial charge in [-0.2, -0.15) is 5.10 Å². The number of anilines is 1. The Labute approximate surface area is 166 Å². The topological polar surface area (TPSA) is 92.9 Å². The molecule has 8 nitrogen and oxygen atoms in total. The Morgan fingerprint density at radius 3 is 3.07 bits per heavy atom. The SMILES string of the molecule is O=C1CC[C@@H](O)COc2ncc(F)cc2[C@H]2CCCN2c2ccn3ncc1c3n2. The number of aliphatic hydroxyl groups is 1. The maximum Gasteiger partial charge on any atom is 0.218 e. The lowest BCUT2D eigenvalue weighted by Crippen LogP contribution is -2.26. The minimum absolute atomic E-state index is 0.0153. The predicted octanol–water partition coefficient (Wildman–Crippen LogP) is 2.32. The van der Waals surface area contributed by atoms with E-state index in [0.29, 0.717) is 28.5 Å². The van der Waals surface area contributed by atoms with Gasteiger partial charge in [0.25, 0.3) is 0 Å². The van der Waals surface area contributed by atoms with Crippen LogP contribution in [-0.4, -0.2) is 49.7 Å². The summed E-state index contributed by atoms with van der Waals surface area (Å²) >= 11 is 0. The Morgan fingerprint density at radius 2 is 2.17 bits per heavy atom. The van der Waals surface area contributed by atoms with Crippen LogP contribution in [0.2, 0.25) is 0 Å². The molecule has 29 heavy (non-hydrogen) atoms. The first-order valence-electron chi connectivity index (χ1n) is 9.70. The minimum atomic E-state index is -0.841. The van der Waals surface area contributed by atoms with E-state index < -0.39 is 11.9 Å². The first kappa shape index (κ1) is 18.0. The molecule has 1 fully saturated rings. The van der Waals surface area contributed by atoms with Crippen LogP contribution in [0, 0.1) is 5.82 Å². The number of ether oxygens (including phenoxy) is 1. The van der Waals surface area contributed by atoms with Crippen LogP contribution < -0.4 is 9.64 Å². The molecule has 0 amide bonds. The lowest BCUT2D eigenvalue weighted by atomic mass is 10.1. The summed E-state index contributed by atoms with van der Waals surface area (Å²) in [5.41, 5.74) is 1.55. The average Bonchev–Trinajstić information content (AvgIpc) is 3.37. The fourth-order valence-electron chi connectivity index (χ4n) is 4.07. The molecule has 0 aromatic carbocycles. The van der Waals surface area contributed by atoms with Crippen molar-refractivity contribution in [3.8, 4) is 5.88 Å². The van der Waals surface area contributed by atoms with Crippen LogP contribution in [0.15, 0.2) is 30.7 Å². The number of carbonyl (C=O) groups is 1. The molecule has 2 bridgehead atoms. The molecule has 3 aromatic rings. The third kappa shape index (κ3) is 3.21. The third-order valence-electron chi connectivity index (χ3n) is 5.52. The van der Waals surface area contributed by atoms with Crippen LogP contribution in [0.25, 0.3) is 5.65 Å². The quantitative estimate of drug-likeness (QED) is 0.622. The van der Waals surface area contributed by atoms with Crippen LogP contribution >= 0.6 is 0 Å². The molecule has 2 aliphatic rings. The Kier molecular flexibility index (Phi) is 4.39. The van der Waals surface area contributed by atoms with Gasteiger partial charge < -0.3 is 14.7 Å².